The first-order chi connectivity index (χ1) is 35.9. The minimum Gasteiger partial charge on any atom is -0.372 e. The molecule has 2 heterocycles. The van der Waals surface area contributed by atoms with Crippen LogP contribution in [-0.4, -0.2) is 77.5 Å². The molecule has 2 saturated heterocycles. The highest BCUT2D eigenvalue weighted by molar-refractivity contribution is 7.90. The molecule has 14 nitrogen and oxygen atoms in total. The number of primary amides is 1. The second-order valence-corrected chi connectivity index (χ2v) is 23.8. The molecular formula is C50H54F12N6O8S2. The minimum atomic E-state index is -5.19. The molecule has 3 aliphatic rings. The molecular weight excluding hydrogens is 1100 g/mol. The van der Waals surface area contributed by atoms with Crippen LogP contribution >= 0.6 is 0 Å². The largest absolute Gasteiger partial charge is 0.416 e. The predicted molar refractivity (Wildman–Crippen MR) is 259 cm³/mol. The zero-order valence-electron chi connectivity index (χ0n) is 41.7. The number of rotatable bonds is 18. The Hall–Kier alpha value is -5.36. The summed E-state index contributed by atoms with van der Waals surface area (Å²) in [4.78, 5) is 27.7. The fourth-order valence-corrected chi connectivity index (χ4v) is 12.3. The number of halogens is 12. The van der Waals surface area contributed by atoms with Gasteiger partial charge in [-0.05, 0) is 123 Å². The van der Waals surface area contributed by atoms with E-state index in [1.54, 1.807) is 30.3 Å². The average Bonchev–Trinajstić information content (AvgIpc) is 4.24. The van der Waals surface area contributed by atoms with Crippen LogP contribution in [0.1, 0.15) is 109 Å². The van der Waals surface area contributed by atoms with Crippen LogP contribution in [0.5, 0.6) is 0 Å². The molecule has 6 atom stereocenters. The monoisotopic (exact) mass is 1160 g/mol. The molecule has 0 unspecified atom stereocenters. The van der Waals surface area contributed by atoms with E-state index in [1.807, 2.05) is 0 Å². The summed E-state index contributed by atoms with van der Waals surface area (Å²) in [5, 5.41) is 8.16. The Morgan fingerprint density at radius 2 is 1.03 bits per heavy atom. The van der Waals surface area contributed by atoms with E-state index in [1.165, 1.54) is 38.1 Å². The van der Waals surface area contributed by atoms with Crippen molar-refractivity contribution in [2.45, 2.75) is 117 Å². The van der Waals surface area contributed by atoms with Crippen LogP contribution in [0.25, 0.3) is 0 Å². The van der Waals surface area contributed by atoms with Gasteiger partial charge in [0.15, 0.2) is 0 Å². The first-order valence-corrected chi connectivity index (χ1v) is 27.5. The summed E-state index contributed by atoms with van der Waals surface area (Å²) in [6, 6.07) is 16.0. The lowest BCUT2D eigenvalue weighted by molar-refractivity contribution is -0.145. The number of piperidine rings is 2. The number of hydrogen-bond acceptors (Lipinski definition) is 10. The number of benzene rings is 4. The van der Waals surface area contributed by atoms with E-state index in [2.05, 4.69) is 25.4 Å². The van der Waals surface area contributed by atoms with Gasteiger partial charge in [-0.15, -0.1) is 0 Å². The van der Waals surface area contributed by atoms with E-state index in [9.17, 15) is 79.1 Å². The normalized spacial score (nSPS) is 24.6. The van der Waals surface area contributed by atoms with Crippen molar-refractivity contribution in [2.24, 2.45) is 5.73 Å². The van der Waals surface area contributed by atoms with Crippen LogP contribution in [0, 0.1) is 0 Å². The molecule has 1 aliphatic carbocycles. The molecule has 0 aromatic heterocycles. The van der Waals surface area contributed by atoms with Gasteiger partial charge in [-0.2, -0.15) is 62.1 Å². The van der Waals surface area contributed by atoms with Crippen molar-refractivity contribution in [1.82, 2.24) is 20.1 Å². The maximum Gasteiger partial charge on any atom is 0.416 e. The van der Waals surface area contributed by atoms with E-state index in [4.69, 9.17) is 15.2 Å². The van der Waals surface area contributed by atoms with Gasteiger partial charge in [0.1, 0.15) is 11.1 Å². The number of carbonyl (C=O) groups excluding carboxylic acids is 2. The molecule has 78 heavy (non-hydrogen) atoms. The highest BCUT2D eigenvalue weighted by Crippen LogP contribution is 2.44. The number of anilines is 1. The maximum atomic E-state index is 14.9. The number of carbonyl (C=O) groups is 2. The van der Waals surface area contributed by atoms with Crippen LogP contribution in [0.2, 0.25) is 0 Å². The second kappa shape index (κ2) is 21.6. The summed E-state index contributed by atoms with van der Waals surface area (Å²) in [5.74, 6) is -2.01. The van der Waals surface area contributed by atoms with Crippen LogP contribution in [0.3, 0.4) is 0 Å². The molecule has 0 bridgehead atoms. The summed E-state index contributed by atoms with van der Waals surface area (Å²) in [6.45, 7) is 0.495. The van der Waals surface area contributed by atoms with Gasteiger partial charge in [0.05, 0.1) is 70.3 Å². The van der Waals surface area contributed by atoms with Crippen molar-refractivity contribution in [3.05, 3.63) is 136 Å². The highest BCUT2D eigenvalue weighted by Gasteiger charge is 2.53. The van der Waals surface area contributed by atoms with Gasteiger partial charge in [0.2, 0.25) is 31.9 Å². The lowest BCUT2D eigenvalue weighted by atomic mass is 9.76. The average molecular weight is 1160 g/mol. The van der Waals surface area contributed by atoms with E-state index in [0.717, 1.165) is 6.26 Å². The van der Waals surface area contributed by atoms with Gasteiger partial charge in [-0.3, -0.25) is 9.59 Å². The minimum absolute atomic E-state index is 0.00165. The van der Waals surface area contributed by atoms with Gasteiger partial charge in [0, 0.05) is 18.8 Å². The predicted octanol–water partition coefficient (Wildman–Crippen LogP) is 8.71. The third kappa shape index (κ3) is 13.8. The molecule has 4 aromatic rings. The van der Waals surface area contributed by atoms with Crippen molar-refractivity contribution < 1.29 is 88.6 Å². The zero-order chi connectivity index (χ0) is 57.7. The Labute approximate surface area is 440 Å². The van der Waals surface area contributed by atoms with Crippen molar-refractivity contribution >= 4 is 37.5 Å². The van der Waals surface area contributed by atoms with Crippen molar-refractivity contribution in [3.63, 3.8) is 0 Å². The number of sulfonamides is 2. The number of nitrogens with one attached hydrogen (secondary N) is 5. The summed E-state index contributed by atoms with van der Waals surface area (Å²) >= 11 is 0. The fraction of sp³-hybridized carbons (Fsp3) is 0.480. The Morgan fingerprint density at radius 3 is 1.41 bits per heavy atom. The summed E-state index contributed by atoms with van der Waals surface area (Å²) in [6.07, 6.45) is -23.1. The zero-order valence-corrected chi connectivity index (χ0v) is 43.3. The number of ether oxygens (including phenoxy) is 2. The molecule has 2 aliphatic heterocycles. The summed E-state index contributed by atoms with van der Waals surface area (Å²) in [7, 11) is -8.32. The third-order valence-corrected chi connectivity index (χ3v) is 17.1. The molecule has 0 spiro atoms. The van der Waals surface area contributed by atoms with E-state index >= 15 is 0 Å². The van der Waals surface area contributed by atoms with Gasteiger partial charge in [-0.1, -0.05) is 42.5 Å². The molecule has 0 radical (unpaired) electrons. The number of amides is 2. The Kier molecular flexibility index (Phi) is 16.7. The quantitative estimate of drug-likeness (QED) is 0.0523. The van der Waals surface area contributed by atoms with Crippen molar-refractivity contribution in [2.75, 3.05) is 37.9 Å². The van der Waals surface area contributed by atoms with Gasteiger partial charge < -0.3 is 31.2 Å². The Balaban J connectivity index is 1.20. The van der Waals surface area contributed by atoms with Crippen LogP contribution in [0.15, 0.2) is 91.0 Å². The van der Waals surface area contributed by atoms with Crippen molar-refractivity contribution in [3.8, 4) is 0 Å². The first-order valence-electron chi connectivity index (χ1n) is 24.0. The lowest BCUT2D eigenvalue weighted by Gasteiger charge is -2.47. The van der Waals surface area contributed by atoms with E-state index in [-0.39, 0.29) is 61.9 Å². The van der Waals surface area contributed by atoms with Crippen molar-refractivity contribution in [1.29, 1.82) is 0 Å². The molecule has 2 amide bonds. The molecule has 3 fully saturated rings. The highest BCUT2D eigenvalue weighted by atomic mass is 32.2. The lowest BCUT2D eigenvalue weighted by Crippen LogP contribution is -2.69. The molecule has 428 valence electrons. The topological polar surface area (TPSA) is 207 Å². The summed E-state index contributed by atoms with van der Waals surface area (Å²) < 4.78 is 235. The number of hydrogen-bond donors (Lipinski definition) is 6. The van der Waals surface area contributed by atoms with E-state index in [0.29, 0.717) is 29.8 Å². The van der Waals surface area contributed by atoms with Crippen LogP contribution in [-0.2, 0) is 74.9 Å². The molecule has 1 saturated carbocycles. The maximum absolute atomic E-state index is 14.9. The van der Waals surface area contributed by atoms with Gasteiger partial charge in [-0.25, -0.2) is 16.8 Å². The fourth-order valence-electron chi connectivity index (χ4n) is 9.57. The number of alkyl halides is 12. The third-order valence-electron chi connectivity index (χ3n) is 14.3. The Morgan fingerprint density at radius 1 is 0.603 bits per heavy atom. The standard InChI is InChI=1S/C50H54F12N6O8S2/c1-29(31-18-35(47(51,52)53)22-36(19-31)48(54,55)56)75-27-45(33-8-5-4-6-9-33)17-15-44(26-65-45,68-78(73,74)40-12-13-40)42(70)66-39-11-7-10-34(24-39)46(16-14-43(25-64-46,41(63)69)67-77(3,71)72)28-76-30(2)32-20-37(49(57,58)59)23-38(21-32)50(60,61)62/h4-11,18-24,29-30,40,64-65,67-68H,12-17,25-28H2,1-3H3,(H2,63,69)(H,66,70)/t29-,30-,43+,44+,45-,46-/m1/s1. The molecule has 28 heteroatoms. The first kappa shape index (κ1) is 60.3. The molecule has 4 aromatic carbocycles. The second-order valence-electron chi connectivity index (χ2n) is 20.1. The van der Waals surface area contributed by atoms with Crippen LogP contribution in [0.4, 0.5) is 58.4 Å². The van der Waals surface area contributed by atoms with E-state index < -0.39 is 156 Å². The van der Waals surface area contributed by atoms with Gasteiger partial charge >= 0.3 is 24.7 Å². The number of nitrogens with two attached hydrogens (primary N) is 1. The SMILES string of the molecule is C[C@@H](OC[C@@]1(c2cccc(NC(=O)[C@]3(NS(=O)(=O)C4CC4)CC[C@@](CO[C@H](C)c4cc(C(F)(F)F)cc(C(F)(F)F)c4)(c4ccccc4)NC3)c2)CC[C@@](NS(C)(=O)=O)(C(N)=O)CN1)c1cc(C(F)(F)F)cc(C(F)(F)F)c1. The smallest absolute Gasteiger partial charge is 0.372 e. The summed E-state index contributed by atoms with van der Waals surface area (Å²) in [5.41, 5.74) is -7.67. The molecule has 7 N–H and O–H groups in total. The van der Waals surface area contributed by atoms with Gasteiger partial charge in [0.25, 0.3) is 0 Å². The molecule has 7 rings (SSSR count). The Bertz CT molecular complexity index is 3020. The van der Waals surface area contributed by atoms with Crippen LogP contribution < -0.4 is 31.1 Å².